The molecule has 4 rings (SSSR count). The third-order valence-corrected chi connectivity index (χ3v) is 5.73. The monoisotopic (exact) mass is 465 g/mol. The normalized spacial score (nSPS) is 26.1. The summed E-state index contributed by atoms with van der Waals surface area (Å²) in [7, 11) is 1.53. The molecule has 34 heavy (non-hydrogen) atoms. The second-order valence-electron chi connectivity index (χ2n) is 8.11. The van der Waals surface area contributed by atoms with E-state index in [-0.39, 0.29) is 6.61 Å². The van der Waals surface area contributed by atoms with E-state index in [1.165, 1.54) is 7.11 Å². The molecule has 1 heterocycles. The molecule has 0 spiro atoms. The van der Waals surface area contributed by atoms with Gasteiger partial charge in [-0.2, -0.15) is 0 Å². The minimum Gasteiger partial charge on any atom is -0.394 e. The smallest absolute Gasteiger partial charge is 0.186 e. The zero-order valence-electron chi connectivity index (χ0n) is 20.2. The lowest BCUT2D eigenvalue weighted by molar-refractivity contribution is -0.321. The molecule has 1 aliphatic rings. The Hall–Kier alpha value is -2.58. The molecule has 1 N–H and O–H groups in total. The van der Waals surface area contributed by atoms with Gasteiger partial charge < -0.3 is 28.8 Å². The van der Waals surface area contributed by atoms with Crippen LogP contribution in [0.1, 0.15) is 18.1 Å². The number of methoxy groups -OCH3 is 1. The Morgan fingerprint density at radius 3 is 1.71 bits per heavy atom. The Balaban J connectivity index is 1.59. The fourth-order valence-corrected chi connectivity index (χ4v) is 3.97. The summed E-state index contributed by atoms with van der Waals surface area (Å²) in [5, 5.41) is 10.1. The molecule has 3 aromatic rings. The first-order valence-electron chi connectivity index (χ1n) is 12.0. The van der Waals surface area contributed by atoms with Crippen molar-refractivity contribution in [3.05, 3.63) is 108 Å². The van der Waals surface area contributed by atoms with Crippen molar-refractivity contribution in [3.8, 4) is 0 Å². The molecule has 0 bridgehead atoms. The van der Waals surface area contributed by atoms with Gasteiger partial charge in [0.25, 0.3) is 0 Å². The number of rotatable bonds is 11. The molecule has 1 aliphatic heterocycles. The fraction of sp³-hybridized carbons (Fsp3) is 0.357. The van der Waals surface area contributed by atoms with Crippen molar-refractivity contribution < 1.29 is 30.2 Å². The maximum absolute atomic E-state index is 10.1. The second-order valence-corrected chi connectivity index (χ2v) is 8.11. The van der Waals surface area contributed by atoms with Crippen molar-refractivity contribution in [3.63, 3.8) is 0 Å². The van der Waals surface area contributed by atoms with Gasteiger partial charge in [-0.15, -0.1) is 0 Å². The minimum atomic E-state index is -0.990. The molecule has 3 aromatic carbocycles. The summed E-state index contributed by atoms with van der Waals surface area (Å²) in [5.41, 5.74) is 2.68. The van der Waals surface area contributed by atoms with Gasteiger partial charge in [-0.25, -0.2) is 0 Å². The molecule has 180 valence electrons. The van der Waals surface area contributed by atoms with Crippen molar-refractivity contribution in [1.29, 1.82) is 0 Å². The largest absolute Gasteiger partial charge is 0.394 e. The van der Waals surface area contributed by atoms with Crippen molar-refractivity contribution in [2.45, 2.75) is 50.5 Å². The molecular weight excluding hydrogens is 432 g/mol. The SMILES string of the molecule is [2H][C@H](O[C@H]1[C@H](OCc2ccccc2)[C@@H](OCc2ccccc2)[C@@H](OC)O[C@@H]1CO)c1ccccc1. The zero-order chi connectivity index (χ0) is 24.5. The van der Waals surface area contributed by atoms with E-state index in [1.54, 1.807) is 0 Å². The highest BCUT2D eigenvalue weighted by Crippen LogP contribution is 2.30. The Morgan fingerprint density at radius 1 is 0.706 bits per heavy atom. The van der Waals surface area contributed by atoms with Gasteiger partial charge >= 0.3 is 0 Å². The van der Waals surface area contributed by atoms with Gasteiger partial charge in [0.05, 0.1) is 27.8 Å². The van der Waals surface area contributed by atoms with E-state index in [9.17, 15) is 5.11 Å². The third-order valence-electron chi connectivity index (χ3n) is 5.73. The first-order valence-corrected chi connectivity index (χ1v) is 11.4. The molecule has 0 aromatic heterocycles. The topological polar surface area (TPSA) is 66.4 Å². The van der Waals surface area contributed by atoms with E-state index in [4.69, 9.17) is 25.1 Å². The summed E-state index contributed by atoms with van der Waals surface area (Å²) in [4.78, 5) is 0. The van der Waals surface area contributed by atoms with Crippen LogP contribution < -0.4 is 0 Å². The fourth-order valence-electron chi connectivity index (χ4n) is 3.97. The highest BCUT2D eigenvalue weighted by molar-refractivity contribution is 5.15. The molecule has 1 fully saturated rings. The predicted octanol–water partition coefficient (Wildman–Crippen LogP) is 4.11. The molecule has 0 unspecified atom stereocenters. The molecule has 6 atom stereocenters. The summed E-state index contributed by atoms with van der Waals surface area (Å²) in [5.74, 6) is 0. The van der Waals surface area contributed by atoms with Crippen LogP contribution in [0.4, 0.5) is 0 Å². The molecule has 0 amide bonds. The van der Waals surface area contributed by atoms with Gasteiger partial charge in [0.15, 0.2) is 6.29 Å². The first-order chi connectivity index (χ1) is 17.2. The number of ether oxygens (including phenoxy) is 5. The molecule has 1 saturated heterocycles. The van der Waals surface area contributed by atoms with E-state index in [0.29, 0.717) is 18.8 Å². The summed E-state index contributed by atoms with van der Waals surface area (Å²) in [6, 6.07) is 28.9. The number of hydrogen-bond acceptors (Lipinski definition) is 6. The standard InChI is InChI=1S/C28H32O6/c1-30-28-27(33-20-23-15-9-4-10-16-23)26(32-19-22-13-7-3-8-14-22)25(24(17-29)34-28)31-18-21-11-5-2-6-12-21/h2-16,24-29H,17-20H2,1H3/t24-,25-,26+,27-,28+/m1/s1/i18D/t18-,24+,25+,26-,27+,28-/m0. The van der Waals surface area contributed by atoms with E-state index in [1.807, 2.05) is 91.0 Å². The van der Waals surface area contributed by atoms with Crippen molar-refractivity contribution in [1.82, 2.24) is 0 Å². The number of aliphatic hydroxyl groups is 1. The van der Waals surface area contributed by atoms with Crippen LogP contribution in [-0.4, -0.2) is 49.5 Å². The van der Waals surface area contributed by atoms with Gasteiger partial charge in [0, 0.05) is 7.11 Å². The Kier molecular flexibility index (Phi) is 8.70. The zero-order valence-corrected chi connectivity index (χ0v) is 19.2. The highest BCUT2D eigenvalue weighted by Gasteiger charge is 2.48. The summed E-state index contributed by atoms with van der Waals surface area (Å²) < 4.78 is 39.1. The summed E-state index contributed by atoms with van der Waals surface area (Å²) >= 11 is 0. The van der Waals surface area contributed by atoms with Crippen LogP contribution in [0.2, 0.25) is 0 Å². The first kappa shape index (κ1) is 23.2. The molecule has 6 heteroatoms. The van der Waals surface area contributed by atoms with Crippen molar-refractivity contribution in [2.75, 3.05) is 13.7 Å². The number of benzene rings is 3. The van der Waals surface area contributed by atoms with Gasteiger partial charge in [-0.3, -0.25) is 0 Å². The molecule has 0 aliphatic carbocycles. The quantitative estimate of drug-likeness (QED) is 0.460. The highest BCUT2D eigenvalue weighted by atomic mass is 16.7. The van der Waals surface area contributed by atoms with E-state index in [0.717, 1.165) is 11.1 Å². The van der Waals surface area contributed by atoms with Crippen LogP contribution in [-0.2, 0) is 43.5 Å². The van der Waals surface area contributed by atoms with Crippen LogP contribution >= 0.6 is 0 Å². The average molecular weight is 466 g/mol. The Bertz CT molecular complexity index is 990. The average Bonchev–Trinajstić information content (AvgIpc) is 2.92. The van der Waals surface area contributed by atoms with Crippen molar-refractivity contribution in [2.24, 2.45) is 0 Å². The van der Waals surface area contributed by atoms with Crippen molar-refractivity contribution >= 4 is 0 Å². The number of hydrogen-bond donors (Lipinski definition) is 1. The van der Waals surface area contributed by atoms with E-state index in [2.05, 4.69) is 0 Å². The lowest BCUT2D eigenvalue weighted by Gasteiger charge is -2.45. The molecule has 6 nitrogen and oxygen atoms in total. The van der Waals surface area contributed by atoms with Crippen LogP contribution in [0, 0.1) is 0 Å². The third kappa shape index (κ3) is 6.51. The number of aliphatic hydroxyl groups excluding tert-OH is 1. The second kappa shape index (κ2) is 12.8. The molecule has 0 saturated carbocycles. The summed E-state index contributed by atoms with van der Waals surface area (Å²) in [6.45, 7) is -0.683. The lowest BCUT2D eigenvalue weighted by atomic mass is 9.98. The van der Waals surface area contributed by atoms with E-state index < -0.39 is 37.3 Å². The minimum absolute atomic E-state index is 0.305. The maximum atomic E-state index is 10.1. The van der Waals surface area contributed by atoms with Crippen LogP contribution in [0.15, 0.2) is 91.0 Å². The molecule has 0 radical (unpaired) electrons. The van der Waals surface area contributed by atoms with Crippen LogP contribution in [0.25, 0.3) is 0 Å². The van der Waals surface area contributed by atoms with Gasteiger partial charge in [-0.05, 0) is 16.7 Å². The summed E-state index contributed by atoms with van der Waals surface area (Å²) in [6.07, 6.45) is -3.61. The lowest BCUT2D eigenvalue weighted by Crippen LogP contribution is -2.61. The van der Waals surface area contributed by atoms with Crippen LogP contribution in [0.5, 0.6) is 0 Å². The Morgan fingerprint density at radius 2 is 1.21 bits per heavy atom. The van der Waals surface area contributed by atoms with Crippen LogP contribution in [0.3, 0.4) is 0 Å². The maximum Gasteiger partial charge on any atom is 0.186 e. The molecular formula is C28H32O6. The Labute approximate surface area is 202 Å². The van der Waals surface area contributed by atoms with Gasteiger partial charge in [-0.1, -0.05) is 91.0 Å². The predicted molar refractivity (Wildman–Crippen MR) is 128 cm³/mol. The van der Waals surface area contributed by atoms with Gasteiger partial charge in [0.2, 0.25) is 0 Å². The van der Waals surface area contributed by atoms with E-state index >= 15 is 0 Å². The van der Waals surface area contributed by atoms with Gasteiger partial charge in [0.1, 0.15) is 24.4 Å².